The normalized spacial score (nSPS) is 14.6. The number of anilines is 2. The van der Waals surface area contributed by atoms with Crippen molar-refractivity contribution in [2.24, 2.45) is 0 Å². The number of benzene rings is 2. The molecular formula is C23H22ClF2N7O. The van der Waals surface area contributed by atoms with E-state index in [2.05, 4.69) is 25.3 Å². The summed E-state index contributed by atoms with van der Waals surface area (Å²) in [6.07, 6.45) is 0. The number of nitrogens with two attached hydrogens (primary N) is 1. The first-order valence-corrected chi connectivity index (χ1v) is 11.2. The number of fused-ring (bicyclic) bond motifs is 1. The van der Waals surface area contributed by atoms with E-state index in [0.717, 1.165) is 32.8 Å². The Labute approximate surface area is 199 Å². The van der Waals surface area contributed by atoms with Crippen LogP contribution < -0.4 is 11.1 Å². The molecule has 5 rings (SSSR count). The summed E-state index contributed by atoms with van der Waals surface area (Å²) in [4.78, 5) is 11.5. The standard InChI is InChI=1S/C23H22ClF2N7O/c24-17-13-14(1-6-18(17)26)20-19-21(27)33(16-4-2-15(25)3-5-16)31-22(19)30-23(29-20)28-7-8-32-9-11-34-12-10-32/h1-6,13H,7-12,27H2,(H,28,30,31). The summed E-state index contributed by atoms with van der Waals surface area (Å²) in [6.45, 7) is 4.60. The van der Waals surface area contributed by atoms with Crippen LogP contribution in [-0.2, 0) is 4.74 Å². The highest BCUT2D eigenvalue weighted by Crippen LogP contribution is 2.34. The zero-order chi connectivity index (χ0) is 23.7. The lowest BCUT2D eigenvalue weighted by Gasteiger charge is -2.26. The van der Waals surface area contributed by atoms with Crippen LogP contribution in [0.3, 0.4) is 0 Å². The molecule has 1 saturated heterocycles. The lowest BCUT2D eigenvalue weighted by Crippen LogP contribution is -2.39. The topological polar surface area (TPSA) is 94.1 Å². The number of ether oxygens (including phenoxy) is 1. The van der Waals surface area contributed by atoms with Crippen LogP contribution in [0.4, 0.5) is 20.5 Å². The number of hydrogen-bond donors (Lipinski definition) is 2. The molecule has 176 valence electrons. The number of nitrogens with zero attached hydrogens (tertiary/aromatic N) is 5. The summed E-state index contributed by atoms with van der Waals surface area (Å²) < 4.78 is 34.1. The fourth-order valence-electron chi connectivity index (χ4n) is 3.87. The molecule has 1 aliphatic heterocycles. The maximum absolute atomic E-state index is 13.8. The van der Waals surface area contributed by atoms with E-state index in [1.165, 1.54) is 28.9 Å². The van der Waals surface area contributed by atoms with Gasteiger partial charge in [0.05, 0.1) is 35.0 Å². The number of nitrogens with one attached hydrogen (secondary N) is 1. The summed E-state index contributed by atoms with van der Waals surface area (Å²) in [6, 6.07) is 10.1. The van der Waals surface area contributed by atoms with Crippen LogP contribution in [0.2, 0.25) is 5.02 Å². The molecule has 3 N–H and O–H groups in total. The highest BCUT2D eigenvalue weighted by molar-refractivity contribution is 6.31. The molecule has 0 saturated carbocycles. The lowest BCUT2D eigenvalue weighted by atomic mass is 10.1. The van der Waals surface area contributed by atoms with Gasteiger partial charge in [-0.05, 0) is 42.5 Å². The van der Waals surface area contributed by atoms with Gasteiger partial charge in [0.15, 0.2) is 5.65 Å². The molecule has 2 aromatic heterocycles. The number of aromatic nitrogens is 4. The predicted molar refractivity (Wildman–Crippen MR) is 127 cm³/mol. The van der Waals surface area contributed by atoms with Crippen LogP contribution in [-0.4, -0.2) is 64.0 Å². The Bertz CT molecular complexity index is 1320. The fraction of sp³-hybridized carbons (Fsp3) is 0.261. The lowest BCUT2D eigenvalue weighted by molar-refractivity contribution is 0.0398. The van der Waals surface area contributed by atoms with Gasteiger partial charge in [0.2, 0.25) is 5.95 Å². The van der Waals surface area contributed by atoms with E-state index >= 15 is 0 Å². The van der Waals surface area contributed by atoms with E-state index in [-0.39, 0.29) is 16.7 Å². The molecule has 0 radical (unpaired) electrons. The third kappa shape index (κ3) is 4.52. The molecule has 2 aromatic carbocycles. The van der Waals surface area contributed by atoms with Crippen molar-refractivity contribution in [3.05, 3.63) is 59.1 Å². The van der Waals surface area contributed by atoms with Crippen molar-refractivity contribution in [1.82, 2.24) is 24.6 Å². The molecule has 0 aliphatic carbocycles. The zero-order valence-electron chi connectivity index (χ0n) is 18.1. The minimum atomic E-state index is -0.533. The summed E-state index contributed by atoms with van der Waals surface area (Å²) in [5.74, 6) is -0.265. The van der Waals surface area contributed by atoms with Crippen molar-refractivity contribution < 1.29 is 13.5 Å². The van der Waals surface area contributed by atoms with Crippen molar-refractivity contribution in [2.75, 3.05) is 50.4 Å². The minimum absolute atomic E-state index is 0.0319. The molecule has 0 unspecified atom stereocenters. The quantitative estimate of drug-likeness (QED) is 0.429. The number of hydrogen-bond acceptors (Lipinski definition) is 7. The molecule has 3 heterocycles. The van der Waals surface area contributed by atoms with Crippen molar-refractivity contribution in [2.45, 2.75) is 0 Å². The maximum Gasteiger partial charge on any atom is 0.225 e. The first-order chi connectivity index (χ1) is 16.5. The molecule has 4 aromatic rings. The summed E-state index contributed by atoms with van der Waals surface area (Å²) in [5, 5.41) is 8.25. The van der Waals surface area contributed by atoms with E-state index in [1.807, 2.05) is 0 Å². The van der Waals surface area contributed by atoms with Gasteiger partial charge in [0.25, 0.3) is 0 Å². The largest absolute Gasteiger partial charge is 0.383 e. The van der Waals surface area contributed by atoms with Crippen LogP contribution in [0, 0.1) is 11.6 Å². The van der Waals surface area contributed by atoms with E-state index in [9.17, 15) is 8.78 Å². The van der Waals surface area contributed by atoms with E-state index in [0.29, 0.717) is 40.5 Å². The molecule has 0 spiro atoms. The Morgan fingerprint density at radius 3 is 2.56 bits per heavy atom. The van der Waals surface area contributed by atoms with Crippen LogP contribution in [0.1, 0.15) is 0 Å². The first-order valence-electron chi connectivity index (χ1n) is 10.8. The SMILES string of the molecule is Nc1c2c(-c3ccc(F)c(Cl)c3)nc(NCCN3CCOCC3)nc2nn1-c1ccc(F)cc1. The maximum atomic E-state index is 13.8. The minimum Gasteiger partial charge on any atom is -0.383 e. The zero-order valence-corrected chi connectivity index (χ0v) is 18.9. The van der Waals surface area contributed by atoms with E-state index in [4.69, 9.17) is 22.1 Å². The second kappa shape index (κ2) is 9.49. The summed E-state index contributed by atoms with van der Waals surface area (Å²) in [7, 11) is 0. The monoisotopic (exact) mass is 485 g/mol. The van der Waals surface area contributed by atoms with E-state index in [1.54, 1.807) is 18.2 Å². The molecule has 1 aliphatic rings. The molecule has 8 nitrogen and oxygen atoms in total. The summed E-state index contributed by atoms with van der Waals surface area (Å²) >= 11 is 6.04. The molecular weight excluding hydrogens is 464 g/mol. The predicted octanol–water partition coefficient (Wildman–Crippen LogP) is 3.74. The van der Waals surface area contributed by atoms with Gasteiger partial charge >= 0.3 is 0 Å². The van der Waals surface area contributed by atoms with Gasteiger partial charge in [-0.1, -0.05) is 11.6 Å². The molecule has 1 fully saturated rings. The Morgan fingerprint density at radius 2 is 1.82 bits per heavy atom. The van der Waals surface area contributed by atoms with Gasteiger partial charge in [-0.2, -0.15) is 4.98 Å². The van der Waals surface area contributed by atoms with Crippen LogP contribution >= 0.6 is 11.6 Å². The van der Waals surface area contributed by atoms with Gasteiger partial charge < -0.3 is 15.8 Å². The van der Waals surface area contributed by atoms with Gasteiger partial charge in [0.1, 0.15) is 17.5 Å². The molecule has 11 heteroatoms. The Hall–Kier alpha value is -3.34. The van der Waals surface area contributed by atoms with Crippen molar-refractivity contribution >= 4 is 34.4 Å². The van der Waals surface area contributed by atoms with Gasteiger partial charge in [0, 0.05) is 31.7 Å². The Morgan fingerprint density at radius 1 is 1.06 bits per heavy atom. The third-order valence-corrected chi connectivity index (χ3v) is 5.94. The highest BCUT2D eigenvalue weighted by Gasteiger charge is 2.20. The first kappa shape index (κ1) is 22.5. The number of halogens is 3. The van der Waals surface area contributed by atoms with Gasteiger partial charge in [-0.15, -0.1) is 5.10 Å². The number of nitrogen functional groups attached to an aromatic ring is 1. The smallest absolute Gasteiger partial charge is 0.225 e. The molecule has 0 bridgehead atoms. The number of rotatable bonds is 6. The van der Waals surface area contributed by atoms with Crippen LogP contribution in [0.25, 0.3) is 28.0 Å². The molecule has 0 amide bonds. The third-order valence-electron chi connectivity index (χ3n) is 5.65. The second-order valence-corrected chi connectivity index (χ2v) is 8.28. The second-order valence-electron chi connectivity index (χ2n) is 7.88. The average Bonchev–Trinajstić information content (AvgIpc) is 3.18. The van der Waals surface area contributed by atoms with Crippen molar-refractivity contribution in [3.63, 3.8) is 0 Å². The van der Waals surface area contributed by atoms with Crippen molar-refractivity contribution in [1.29, 1.82) is 0 Å². The summed E-state index contributed by atoms with van der Waals surface area (Å²) in [5.41, 5.74) is 8.40. The average molecular weight is 486 g/mol. The number of morpholine rings is 1. The fourth-order valence-corrected chi connectivity index (χ4v) is 4.05. The Balaban J connectivity index is 1.55. The Kier molecular flexibility index (Phi) is 6.27. The highest BCUT2D eigenvalue weighted by atomic mass is 35.5. The van der Waals surface area contributed by atoms with Crippen molar-refractivity contribution in [3.8, 4) is 16.9 Å². The van der Waals surface area contributed by atoms with Gasteiger partial charge in [-0.25, -0.2) is 18.4 Å². The van der Waals surface area contributed by atoms with Gasteiger partial charge in [-0.3, -0.25) is 4.90 Å². The van der Waals surface area contributed by atoms with E-state index < -0.39 is 5.82 Å². The van der Waals surface area contributed by atoms with Crippen LogP contribution in [0.5, 0.6) is 0 Å². The van der Waals surface area contributed by atoms with Crippen LogP contribution in [0.15, 0.2) is 42.5 Å². The molecule has 34 heavy (non-hydrogen) atoms. The molecule has 0 atom stereocenters.